The highest BCUT2D eigenvalue weighted by Crippen LogP contribution is 2.27. The fourth-order valence-corrected chi connectivity index (χ4v) is 5.72. The van der Waals surface area contributed by atoms with Crippen molar-refractivity contribution < 1.29 is 18.0 Å². The van der Waals surface area contributed by atoms with Crippen LogP contribution >= 0.6 is 11.3 Å². The molecule has 1 aliphatic rings. The Morgan fingerprint density at radius 3 is 2.72 bits per heavy atom. The first-order valence-electron chi connectivity index (χ1n) is 9.50. The van der Waals surface area contributed by atoms with Crippen molar-refractivity contribution in [2.75, 3.05) is 30.4 Å². The van der Waals surface area contributed by atoms with Crippen molar-refractivity contribution in [3.8, 4) is 0 Å². The quantitative estimate of drug-likeness (QED) is 0.690. The first-order valence-corrected chi connectivity index (χ1v) is 11.8. The van der Waals surface area contributed by atoms with Crippen LogP contribution in [0, 0.1) is 6.92 Å². The molecule has 1 N–H and O–H groups in total. The fourth-order valence-electron chi connectivity index (χ4n) is 3.31. The molecule has 3 rings (SSSR count). The predicted molar refractivity (Wildman–Crippen MR) is 115 cm³/mol. The number of nitrogens with zero attached hydrogens (tertiary/aromatic N) is 2. The third-order valence-electron chi connectivity index (χ3n) is 4.88. The topological polar surface area (TPSA) is 86.8 Å². The Kier molecular flexibility index (Phi) is 6.71. The van der Waals surface area contributed by atoms with Gasteiger partial charge in [0.15, 0.2) is 0 Å². The number of benzene rings is 1. The number of thiophene rings is 1. The summed E-state index contributed by atoms with van der Waals surface area (Å²) in [7, 11) is -1.97. The molecule has 9 heteroatoms. The molecule has 2 amide bonds. The van der Waals surface area contributed by atoms with Crippen molar-refractivity contribution >= 4 is 44.5 Å². The zero-order chi connectivity index (χ0) is 21.0. The van der Waals surface area contributed by atoms with Crippen LogP contribution in [0.4, 0.5) is 11.4 Å². The van der Waals surface area contributed by atoms with Gasteiger partial charge in [-0.05, 0) is 55.0 Å². The van der Waals surface area contributed by atoms with Crippen molar-refractivity contribution in [3.63, 3.8) is 0 Å². The number of carbonyl (C=O) groups excluding carboxylic acids is 2. The van der Waals surface area contributed by atoms with Gasteiger partial charge in [-0.2, -0.15) is 0 Å². The lowest BCUT2D eigenvalue weighted by atomic mass is 10.1. The zero-order valence-corrected chi connectivity index (χ0v) is 18.2. The Labute approximate surface area is 175 Å². The Hall–Kier alpha value is -2.23. The second-order valence-corrected chi connectivity index (χ2v) is 10.3. The van der Waals surface area contributed by atoms with Gasteiger partial charge in [-0.25, -0.2) is 12.7 Å². The van der Waals surface area contributed by atoms with E-state index in [1.54, 1.807) is 28.5 Å². The molecule has 0 spiro atoms. The lowest BCUT2D eigenvalue weighted by Crippen LogP contribution is -2.28. The van der Waals surface area contributed by atoms with E-state index < -0.39 is 10.0 Å². The van der Waals surface area contributed by atoms with Crippen LogP contribution in [0.1, 0.15) is 31.2 Å². The lowest BCUT2D eigenvalue weighted by Gasteiger charge is -2.19. The van der Waals surface area contributed by atoms with Gasteiger partial charge in [0.2, 0.25) is 11.8 Å². The van der Waals surface area contributed by atoms with E-state index >= 15 is 0 Å². The maximum Gasteiger partial charge on any atom is 0.252 e. The van der Waals surface area contributed by atoms with Gasteiger partial charge < -0.3 is 10.2 Å². The van der Waals surface area contributed by atoms with E-state index in [1.807, 2.05) is 19.1 Å². The highest BCUT2D eigenvalue weighted by molar-refractivity contribution is 7.91. The van der Waals surface area contributed by atoms with Crippen LogP contribution in [0.5, 0.6) is 0 Å². The molecule has 7 nitrogen and oxygen atoms in total. The number of sulfonamides is 1. The van der Waals surface area contributed by atoms with Crippen LogP contribution < -0.4 is 10.2 Å². The molecule has 1 aromatic heterocycles. The van der Waals surface area contributed by atoms with E-state index in [0.29, 0.717) is 22.7 Å². The maximum absolute atomic E-state index is 12.4. The molecule has 0 unspecified atom stereocenters. The summed E-state index contributed by atoms with van der Waals surface area (Å²) in [6.07, 6.45) is 2.09. The molecule has 2 heterocycles. The molecule has 0 radical (unpaired) electrons. The minimum atomic E-state index is -3.49. The third kappa shape index (κ3) is 5.04. The second kappa shape index (κ2) is 9.06. The molecule has 156 valence electrons. The molecule has 1 aromatic carbocycles. The summed E-state index contributed by atoms with van der Waals surface area (Å²) in [6, 6.07) is 8.78. The number of hydrogen-bond acceptors (Lipinski definition) is 5. The first-order chi connectivity index (χ1) is 13.8. The van der Waals surface area contributed by atoms with Gasteiger partial charge in [-0.15, -0.1) is 11.3 Å². The summed E-state index contributed by atoms with van der Waals surface area (Å²) < 4.78 is 26.3. The highest BCUT2D eigenvalue weighted by atomic mass is 32.2. The minimum absolute atomic E-state index is 0.131. The van der Waals surface area contributed by atoms with E-state index in [4.69, 9.17) is 0 Å². The van der Waals surface area contributed by atoms with Crippen molar-refractivity contribution in [3.05, 3.63) is 41.3 Å². The van der Waals surface area contributed by atoms with Crippen LogP contribution in [-0.4, -0.2) is 44.7 Å². The Morgan fingerprint density at radius 2 is 2.10 bits per heavy atom. The molecule has 1 aliphatic heterocycles. The summed E-state index contributed by atoms with van der Waals surface area (Å²) in [4.78, 5) is 25.9. The molecule has 0 bridgehead atoms. The van der Waals surface area contributed by atoms with E-state index in [2.05, 4.69) is 5.32 Å². The van der Waals surface area contributed by atoms with Gasteiger partial charge in [0.1, 0.15) is 4.21 Å². The molecule has 0 saturated carbocycles. The van der Waals surface area contributed by atoms with Gasteiger partial charge >= 0.3 is 0 Å². The number of rotatable bonds is 8. The zero-order valence-electron chi connectivity index (χ0n) is 16.6. The number of nitrogens with one attached hydrogen (secondary N) is 1. The number of carbonyl (C=O) groups is 2. The number of aryl methyl sites for hydroxylation is 1. The molecule has 0 aliphatic carbocycles. The predicted octanol–water partition coefficient (Wildman–Crippen LogP) is 3.22. The molecule has 29 heavy (non-hydrogen) atoms. The van der Waals surface area contributed by atoms with Gasteiger partial charge in [0.25, 0.3) is 10.0 Å². The van der Waals surface area contributed by atoms with Crippen molar-refractivity contribution in [2.45, 2.75) is 36.8 Å². The lowest BCUT2D eigenvalue weighted by molar-refractivity contribution is -0.117. The number of amides is 2. The first kappa shape index (κ1) is 21.5. The average molecular weight is 436 g/mol. The fraction of sp³-hybridized carbons (Fsp3) is 0.400. The smallest absolute Gasteiger partial charge is 0.252 e. The van der Waals surface area contributed by atoms with Crippen molar-refractivity contribution in [1.29, 1.82) is 0 Å². The molecular weight excluding hydrogens is 410 g/mol. The van der Waals surface area contributed by atoms with E-state index in [1.165, 1.54) is 22.7 Å². The number of anilines is 2. The van der Waals surface area contributed by atoms with Gasteiger partial charge in [0.05, 0.1) is 0 Å². The van der Waals surface area contributed by atoms with Crippen LogP contribution in [0.15, 0.2) is 39.9 Å². The van der Waals surface area contributed by atoms with Gasteiger partial charge in [-0.1, -0.05) is 6.07 Å². The monoisotopic (exact) mass is 435 g/mol. The largest absolute Gasteiger partial charge is 0.326 e. The molecule has 2 aromatic rings. The standard InChI is InChI=1S/C20H25N3O4S2/c1-15-14-16(9-10-17(15)23-12-4-7-19(23)25)21-18(24)6-3-11-22(2)29(26,27)20-8-5-13-28-20/h5,8-10,13-14H,3-4,6-7,11-12H2,1-2H3,(H,21,24). The van der Waals surface area contributed by atoms with Gasteiger partial charge in [0, 0.05) is 44.4 Å². The SMILES string of the molecule is Cc1cc(NC(=O)CCCN(C)S(=O)(=O)c2cccs2)ccc1N1CCCC1=O. The summed E-state index contributed by atoms with van der Waals surface area (Å²) in [5, 5.41) is 4.57. The summed E-state index contributed by atoms with van der Waals surface area (Å²) >= 11 is 1.18. The van der Waals surface area contributed by atoms with Crippen molar-refractivity contribution in [1.82, 2.24) is 4.31 Å². The van der Waals surface area contributed by atoms with E-state index in [-0.39, 0.29) is 24.8 Å². The van der Waals surface area contributed by atoms with Crippen LogP contribution in [0.2, 0.25) is 0 Å². The number of hydrogen-bond donors (Lipinski definition) is 1. The van der Waals surface area contributed by atoms with Gasteiger partial charge in [-0.3, -0.25) is 9.59 Å². The summed E-state index contributed by atoms with van der Waals surface area (Å²) in [5.41, 5.74) is 2.48. The molecule has 0 atom stereocenters. The van der Waals surface area contributed by atoms with Crippen LogP contribution in [0.25, 0.3) is 0 Å². The average Bonchev–Trinajstić information content (AvgIpc) is 3.34. The Balaban J connectivity index is 1.51. The normalized spacial score (nSPS) is 14.6. The van der Waals surface area contributed by atoms with E-state index in [9.17, 15) is 18.0 Å². The summed E-state index contributed by atoms with van der Waals surface area (Å²) in [5.74, 6) is -0.0390. The van der Waals surface area contributed by atoms with E-state index in [0.717, 1.165) is 24.2 Å². The van der Waals surface area contributed by atoms with Crippen LogP contribution in [0.3, 0.4) is 0 Å². The van der Waals surface area contributed by atoms with Crippen molar-refractivity contribution in [2.24, 2.45) is 0 Å². The summed E-state index contributed by atoms with van der Waals surface area (Å²) in [6.45, 7) is 2.91. The third-order valence-corrected chi connectivity index (χ3v) is 8.11. The molecule has 1 saturated heterocycles. The molecule has 1 fully saturated rings. The Morgan fingerprint density at radius 1 is 1.31 bits per heavy atom. The molecular formula is C20H25N3O4S2. The maximum atomic E-state index is 12.4. The Bertz CT molecular complexity index is 987. The second-order valence-electron chi connectivity index (χ2n) is 7.06. The minimum Gasteiger partial charge on any atom is -0.326 e. The van der Waals surface area contributed by atoms with Crippen LogP contribution in [-0.2, 0) is 19.6 Å². The highest BCUT2D eigenvalue weighted by Gasteiger charge is 2.23.